The Balaban J connectivity index is 2.29. The van der Waals surface area contributed by atoms with E-state index in [0.717, 1.165) is 0 Å². The van der Waals surface area contributed by atoms with Gasteiger partial charge in [0, 0.05) is 0 Å². The highest BCUT2D eigenvalue weighted by molar-refractivity contribution is 7.72. The first-order chi connectivity index (χ1) is 12.4. The Morgan fingerprint density at radius 3 is 1.15 bits per heavy atom. The molecule has 0 bridgehead atoms. The number of hydrogen-bond acceptors (Lipinski definition) is 0. The zero-order chi connectivity index (χ0) is 20.3. The molecular formula is C24H38P2Si. The molecule has 0 heterocycles. The van der Waals surface area contributed by atoms with E-state index < -0.39 is 8.07 Å². The molecule has 0 N–H and O–H groups in total. The van der Waals surface area contributed by atoms with Crippen LogP contribution in [0.25, 0.3) is 0 Å². The summed E-state index contributed by atoms with van der Waals surface area (Å²) in [5.41, 5.74) is 0. The van der Waals surface area contributed by atoms with E-state index in [9.17, 15) is 0 Å². The zero-order valence-corrected chi connectivity index (χ0v) is 21.4. The van der Waals surface area contributed by atoms with Crippen LogP contribution < -0.4 is 10.6 Å². The second kappa shape index (κ2) is 8.90. The summed E-state index contributed by atoms with van der Waals surface area (Å²) < 4.78 is 0. The lowest BCUT2D eigenvalue weighted by Gasteiger charge is -2.41. The average Bonchev–Trinajstić information content (AvgIpc) is 2.57. The summed E-state index contributed by atoms with van der Waals surface area (Å²) in [5.74, 6) is 2.86. The Labute approximate surface area is 171 Å². The molecule has 0 saturated carbocycles. The van der Waals surface area contributed by atoms with Gasteiger partial charge in [0.05, 0.1) is 8.07 Å². The highest BCUT2D eigenvalue weighted by Gasteiger charge is 2.37. The van der Waals surface area contributed by atoms with Crippen LogP contribution in [0.5, 0.6) is 0 Å². The van der Waals surface area contributed by atoms with Crippen molar-refractivity contribution in [2.45, 2.75) is 64.9 Å². The van der Waals surface area contributed by atoms with Crippen molar-refractivity contribution in [3.8, 4) is 0 Å². The lowest BCUT2D eigenvalue weighted by molar-refractivity contribution is 0.788. The van der Waals surface area contributed by atoms with Crippen molar-refractivity contribution >= 4 is 34.5 Å². The van der Waals surface area contributed by atoms with Crippen LogP contribution in [0.2, 0.25) is 13.1 Å². The van der Waals surface area contributed by atoms with Crippen molar-refractivity contribution in [1.29, 1.82) is 0 Å². The summed E-state index contributed by atoms with van der Waals surface area (Å²) in [6.07, 6.45) is 0. The van der Waals surface area contributed by atoms with Gasteiger partial charge < -0.3 is 0 Å². The molecule has 0 saturated heterocycles. The molecule has 2 rings (SSSR count). The molecule has 0 aliphatic rings. The predicted molar refractivity (Wildman–Crippen MR) is 133 cm³/mol. The van der Waals surface area contributed by atoms with Crippen molar-refractivity contribution in [2.24, 2.45) is 0 Å². The Bertz CT molecular complexity index is 635. The third-order valence-corrected chi connectivity index (χ3v) is 19.4. The molecule has 2 atom stereocenters. The minimum absolute atomic E-state index is 0.148. The second-order valence-electron chi connectivity index (χ2n) is 10.3. The summed E-state index contributed by atoms with van der Waals surface area (Å²) in [7, 11) is -1.65. The van der Waals surface area contributed by atoms with Gasteiger partial charge in [0.15, 0.2) is 0 Å². The van der Waals surface area contributed by atoms with Gasteiger partial charge in [-0.1, -0.05) is 131 Å². The molecule has 0 nitrogen and oxygen atoms in total. The topological polar surface area (TPSA) is 0 Å². The summed E-state index contributed by atoms with van der Waals surface area (Å²) in [5, 5.41) is 3.89. The number of benzene rings is 2. The van der Waals surface area contributed by atoms with Crippen molar-refractivity contribution in [3.05, 3.63) is 60.7 Å². The van der Waals surface area contributed by atoms with Crippen LogP contribution in [-0.4, -0.2) is 30.0 Å². The molecule has 0 spiro atoms. The van der Waals surface area contributed by atoms with Crippen LogP contribution in [0.1, 0.15) is 41.5 Å². The molecule has 148 valence electrons. The van der Waals surface area contributed by atoms with Gasteiger partial charge >= 0.3 is 0 Å². The highest BCUT2D eigenvalue weighted by atomic mass is 31.1. The lowest BCUT2D eigenvalue weighted by Crippen LogP contribution is -2.42. The van der Waals surface area contributed by atoms with E-state index in [1.165, 1.54) is 11.6 Å². The fourth-order valence-corrected chi connectivity index (χ4v) is 19.6. The first-order valence-corrected chi connectivity index (χ1v) is 16.5. The van der Waals surface area contributed by atoms with Gasteiger partial charge in [-0.3, -0.25) is 0 Å². The van der Waals surface area contributed by atoms with E-state index in [-0.39, 0.29) is 15.8 Å². The maximum Gasteiger partial charge on any atom is 0.0565 e. The molecular weight excluding hydrogens is 378 g/mol. The summed E-state index contributed by atoms with van der Waals surface area (Å²) in [4.78, 5) is 0. The molecule has 0 aliphatic heterocycles. The normalized spacial score (nSPS) is 15.4. The van der Waals surface area contributed by atoms with Gasteiger partial charge in [0.1, 0.15) is 0 Å². The van der Waals surface area contributed by atoms with E-state index >= 15 is 0 Å². The van der Waals surface area contributed by atoms with Gasteiger partial charge in [-0.25, -0.2) is 0 Å². The monoisotopic (exact) mass is 416 g/mol. The van der Waals surface area contributed by atoms with Crippen LogP contribution in [0.3, 0.4) is 0 Å². The quantitative estimate of drug-likeness (QED) is 0.352. The molecule has 0 aliphatic carbocycles. The van der Waals surface area contributed by atoms with Crippen molar-refractivity contribution in [1.82, 2.24) is 0 Å². The molecule has 27 heavy (non-hydrogen) atoms. The number of rotatable bonds is 6. The lowest BCUT2D eigenvalue weighted by atomic mass is 10.3. The van der Waals surface area contributed by atoms with Gasteiger partial charge in [-0.2, -0.15) is 0 Å². The average molecular weight is 417 g/mol. The van der Waals surface area contributed by atoms with Crippen molar-refractivity contribution in [3.63, 3.8) is 0 Å². The second-order valence-corrected chi connectivity index (χ2v) is 22.6. The van der Waals surface area contributed by atoms with Crippen molar-refractivity contribution in [2.75, 3.05) is 11.6 Å². The van der Waals surface area contributed by atoms with Crippen molar-refractivity contribution < 1.29 is 0 Å². The Hall–Kier alpha value is -0.483. The first-order valence-electron chi connectivity index (χ1n) is 10.1. The smallest absolute Gasteiger partial charge is 0.0565 e. The molecule has 2 aromatic rings. The van der Waals surface area contributed by atoms with E-state index in [2.05, 4.69) is 115 Å². The Kier molecular flexibility index (Phi) is 7.51. The summed E-state index contributed by atoms with van der Waals surface area (Å²) >= 11 is 0. The van der Waals surface area contributed by atoms with E-state index in [1.807, 2.05) is 0 Å². The fraction of sp³-hybridized carbons (Fsp3) is 0.500. The van der Waals surface area contributed by atoms with E-state index in [0.29, 0.717) is 10.3 Å². The van der Waals surface area contributed by atoms with Crippen LogP contribution >= 0.6 is 15.8 Å². The molecule has 2 aromatic carbocycles. The zero-order valence-electron chi connectivity index (χ0n) is 18.6. The molecule has 2 unspecified atom stereocenters. The predicted octanol–water partition coefficient (Wildman–Crippen LogP) is 6.99. The van der Waals surface area contributed by atoms with E-state index in [1.54, 1.807) is 10.6 Å². The minimum atomic E-state index is -1.36. The summed E-state index contributed by atoms with van der Waals surface area (Å²) in [6, 6.07) is 22.6. The molecule has 3 heteroatoms. The van der Waals surface area contributed by atoms with Crippen LogP contribution in [0.4, 0.5) is 0 Å². The highest BCUT2D eigenvalue weighted by Crippen LogP contribution is 2.54. The van der Waals surface area contributed by atoms with Gasteiger partial charge in [0.25, 0.3) is 0 Å². The number of hydrogen-bond donors (Lipinski definition) is 0. The molecule has 0 aromatic heterocycles. The Morgan fingerprint density at radius 2 is 0.889 bits per heavy atom. The molecule has 0 fully saturated rings. The standard InChI is InChI=1S/C24H38P2Si/c1-23(2,3)25(21-15-11-9-12-16-21)19-27(7,8)20-26(24(4,5)6)22-17-13-10-14-18-22/h9-18H,19-20H2,1-8H3. The molecule has 0 amide bonds. The van der Waals surface area contributed by atoms with Gasteiger partial charge in [0.2, 0.25) is 0 Å². The van der Waals surface area contributed by atoms with Gasteiger partial charge in [-0.05, 0) is 32.5 Å². The van der Waals surface area contributed by atoms with Gasteiger partial charge in [-0.15, -0.1) is 0 Å². The van der Waals surface area contributed by atoms with E-state index in [4.69, 9.17) is 0 Å². The maximum absolute atomic E-state index is 2.64. The molecule has 0 radical (unpaired) electrons. The first kappa shape index (κ1) is 22.8. The largest absolute Gasteiger partial charge is 0.0725 e. The third kappa shape index (κ3) is 6.81. The van der Waals surface area contributed by atoms with Crippen LogP contribution in [-0.2, 0) is 0 Å². The summed E-state index contributed by atoms with van der Waals surface area (Å²) in [6.45, 7) is 19.9. The fourth-order valence-electron chi connectivity index (χ4n) is 3.55. The SMILES string of the molecule is CC(C)(C)P(C[Si](C)(C)CP(c1ccccc1)C(C)(C)C)c1ccccc1. The Morgan fingerprint density at radius 1 is 0.593 bits per heavy atom. The minimum Gasteiger partial charge on any atom is -0.0725 e. The maximum atomic E-state index is 2.64. The third-order valence-electron chi connectivity index (χ3n) is 4.93. The van der Waals surface area contributed by atoms with Crippen LogP contribution in [0, 0.1) is 0 Å². The van der Waals surface area contributed by atoms with Crippen LogP contribution in [0.15, 0.2) is 60.7 Å².